The highest BCUT2D eigenvalue weighted by atomic mass is 31.2. The van der Waals surface area contributed by atoms with Gasteiger partial charge >= 0.3 is 23.2 Å². The van der Waals surface area contributed by atoms with E-state index in [0.29, 0.717) is 0 Å². The van der Waals surface area contributed by atoms with Gasteiger partial charge < -0.3 is 29.4 Å². The first-order valence-corrected chi connectivity index (χ1v) is 12.1. The summed E-state index contributed by atoms with van der Waals surface area (Å²) in [6, 6.07) is -0.835. The highest BCUT2D eigenvalue weighted by Crippen LogP contribution is 2.44. The van der Waals surface area contributed by atoms with Gasteiger partial charge in [-0.25, -0.2) is 9.13 Å². The van der Waals surface area contributed by atoms with Crippen LogP contribution in [0.1, 0.15) is 0 Å². The molecule has 0 bridgehead atoms. The third-order valence-electron chi connectivity index (χ3n) is 2.68. The molecule has 4 atom stereocenters. The molecule has 0 amide bonds. The Morgan fingerprint density at radius 3 is 1.88 bits per heavy atom. The SMILES string of the molecule is CNC(COP(=O)(O)O)COP(=O)(O)OCC(CNF)COP(C)(=O)O. The second-order valence-electron chi connectivity index (χ2n) is 5.13. The van der Waals surface area contributed by atoms with Gasteiger partial charge in [-0.05, 0) is 7.05 Å². The van der Waals surface area contributed by atoms with Gasteiger partial charge in [-0.3, -0.25) is 18.1 Å². The normalized spacial score (nSPS) is 19.5. The topological polar surface area (TPSA) is 193 Å². The van der Waals surface area contributed by atoms with Crippen molar-refractivity contribution in [3.63, 3.8) is 0 Å². The number of rotatable bonds is 15. The van der Waals surface area contributed by atoms with Crippen LogP contribution in [-0.4, -0.2) is 72.3 Å². The number of phosphoric ester groups is 2. The second-order valence-corrected chi connectivity index (χ2v) is 9.69. The van der Waals surface area contributed by atoms with Crippen molar-refractivity contribution in [2.45, 2.75) is 6.04 Å². The maximum absolute atomic E-state index is 12.2. The van der Waals surface area contributed by atoms with Crippen LogP contribution < -0.4 is 10.9 Å². The summed E-state index contributed by atoms with van der Waals surface area (Å²) in [5, 5.41) is 2.55. The Bertz CT molecular complexity index is 541. The summed E-state index contributed by atoms with van der Waals surface area (Å²) in [7, 11) is -11.7. The van der Waals surface area contributed by atoms with Gasteiger partial charge in [0.15, 0.2) is 0 Å². The van der Waals surface area contributed by atoms with Gasteiger partial charge in [-0.1, -0.05) is 0 Å². The first-order chi connectivity index (χ1) is 11.8. The highest BCUT2D eigenvalue weighted by molar-refractivity contribution is 7.51. The number of halogens is 1. The number of hydrogen-bond donors (Lipinski definition) is 6. The van der Waals surface area contributed by atoms with Crippen molar-refractivity contribution in [3.8, 4) is 0 Å². The van der Waals surface area contributed by atoms with E-state index in [1.807, 2.05) is 0 Å². The summed E-state index contributed by atoms with van der Waals surface area (Å²) in [4.78, 5) is 35.8. The predicted molar refractivity (Wildman–Crippen MR) is 86.9 cm³/mol. The van der Waals surface area contributed by atoms with Crippen molar-refractivity contribution in [2.24, 2.45) is 5.92 Å². The molecule has 0 aliphatic carbocycles. The van der Waals surface area contributed by atoms with Crippen LogP contribution in [0.5, 0.6) is 0 Å². The average molecular weight is 448 g/mol. The lowest BCUT2D eigenvalue weighted by atomic mass is 10.2. The van der Waals surface area contributed by atoms with Gasteiger partial charge in [0.05, 0.1) is 32.5 Å². The van der Waals surface area contributed by atoms with E-state index in [1.54, 1.807) is 0 Å². The van der Waals surface area contributed by atoms with Gasteiger partial charge in [0.25, 0.3) is 0 Å². The molecule has 158 valence electrons. The standard InChI is InChI=1S/C9H24FN2O11P3/c1-11-9(6-21-25(15,16)17)7-23-26(18,19)22-5-8(3-12-10)4-20-24(2,13)14/h8-9,11-12H,3-7H2,1-2H3,(H,13,14)(H,18,19)(H2,15,16,17). The Labute approximate surface area is 149 Å². The Kier molecular flexibility index (Phi) is 12.0. The van der Waals surface area contributed by atoms with Crippen LogP contribution in [0, 0.1) is 5.92 Å². The molecule has 0 spiro atoms. The van der Waals surface area contributed by atoms with E-state index in [-0.39, 0.29) is 6.54 Å². The third-order valence-corrected chi connectivity index (χ3v) is 4.74. The molecule has 0 aliphatic rings. The van der Waals surface area contributed by atoms with Crippen LogP contribution in [0.3, 0.4) is 0 Å². The zero-order valence-electron chi connectivity index (χ0n) is 14.1. The minimum Gasteiger partial charge on any atom is -0.324 e. The molecule has 0 heterocycles. The van der Waals surface area contributed by atoms with Crippen LogP contribution in [0.15, 0.2) is 0 Å². The van der Waals surface area contributed by atoms with Crippen LogP contribution in [-0.2, 0) is 31.8 Å². The van der Waals surface area contributed by atoms with E-state index < -0.39 is 61.6 Å². The fourth-order valence-electron chi connectivity index (χ4n) is 1.34. The molecular formula is C9H24FN2O11P3. The number of hydrogen-bond acceptors (Lipinski definition) is 9. The van der Waals surface area contributed by atoms with Gasteiger partial charge in [-0.2, -0.15) is 5.54 Å². The molecular weight excluding hydrogens is 424 g/mol. The molecule has 0 radical (unpaired) electrons. The van der Waals surface area contributed by atoms with Crippen molar-refractivity contribution in [2.75, 3.05) is 46.7 Å². The molecule has 13 nitrogen and oxygen atoms in total. The Morgan fingerprint density at radius 1 is 0.923 bits per heavy atom. The predicted octanol–water partition coefficient (Wildman–Crippen LogP) is -0.261. The smallest absolute Gasteiger partial charge is 0.324 e. The molecule has 17 heteroatoms. The minimum atomic E-state index is -4.71. The van der Waals surface area contributed by atoms with Crippen LogP contribution >= 0.6 is 23.2 Å². The zero-order valence-corrected chi connectivity index (χ0v) is 16.7. The van der Waals surface area contributed by atoms with Crippen molar-refractivity contribution < 1.29 is 55.8 Å². The van der Waals surface area contributed by atoms with Crippen LogP contribution in [0.4, 0.5) is 4.48 Å². The minimum absolute atomic E-state index is 0.380. The first kappa shape index (κ1) is 26.2. The average Bonchev–Trinajstić information content (AvgIpc) is 2.48. The summed E-state index contributed by atoms with van der Waals surface area (Å²) in [6.45, 7) is -1.41. The molecule has 6 N–H and O–H groups in total. The lowest BCUT2D eigenvalue weighted by Crippen LogP contribution is -2.34. The molecule has 0 saturated carbocycles. The van der Waals surface area contributed by atoms with E-state index >= 15 is 0 Å². The zero-order chi connectivity index (χ0) is 20.4. The van der Waals surface area contributed by atoms with Crippen molar-refractivity contribution in [3.05, 3.63) is 0 Å². The van der Waals surface area contributed by atoms with E-state index in [1.165, 1.54) is 12.6 Å². The maximum atomic E-state index is 12.2. The largest absolute Gasteiger partial charge is 0.472 e. The molecule has 0 aromatic rings. The second kappa shape index (κ2) is 11.9. The van der Waals surface area contributed by atoms with Crippen LogP contribution in [0.25, 0.3) is 0 Å². The molecule has 0 aromatic heterocycles. The first-order valence-electron chi connectivity index (χ1n) is 7.05. The van der Waals surface area contributed by atoms with E-state index in [2.05, 4.69) is 23.4 Å². The van der Waals surface area contributed by atoms with Crippen molar-refractivity contribution in [1.29, 1.82) is 0 Å². The fraction of sp³-hybridized carbons (Fsp3) is 1.00. The van der Waals surface area contributed by atoms with Crippen molar-refractivity contribution >= 4 is 23.2 Å². The van der Waals surface area contributed by atoms with E-state index in [9.17, 15) is 23.1 Å². The van der Waals surface area contributed by atoms with Gasteiger partial charge in [0.2, 0.25) is 0 Å². The van der Waals surface area contributed by atoms with Gasteiger partial charge in [0, 0.05) is 19.1 Å². The summed E-state index contributed by atoms with van der Waals surface area (Å²) >= 11 is 0. The van der Waals surface area contributed by atoms with Crippen LogP contribution in [0.2, 0.25) is 0 Å². The monoisotopic (exact) mass is 448 g/mol. The third kappa shape index (κ3) is 15.3. The summed E-state index contributed by atoms with van der Waals surface area (Å²) in [5.41, 5.74) is 1.29. The quantitative estimate of drug-likeness (QED) is 0.142. The lowest BCUT2D eigenvalue weighted by Gasteiger charge is -2.21. The Balaban J connectivity index is 4.44. The summed E-state index contributed by atoms with van der Waals surface area (Å²) in [6.07, 6.45) is 0. The van der Waals surface area contributed by atoms with Gasteiger partial charge in [-0.15, -0.1) is 4.48 Å². The van der Waals surface area contributed by atoms with E-state index in [0.717, 1.165) is 6.66 Å². The number of phosphoric acid groups is 2. The lowest BCUT2D eigenvalue weighted by molar-refractivity contribution is 0.0909. The molecule has 0 saturated heterocycles. The summed E-state index contributed by atoms with van der Waals surface area (Å²) < 4.78 is 63.8. The number of likely N-dealkylation sites (N-methyl/N-ethyl adjacent to an activating group) is 1. The maximum Gasteiger partial charge on any atom is 0.472 e. The molecule has 0 fully saturated rings. The highest BCUT2D eigenvalue weighted by Gasteiger charge is 2.27. The Hall–Kier alpha value is 0.220. The summed E-state index contributed by atoms with van der Waals surface area (Å²) in [5.74, 6) is -0.873. The molecule has 4 unspecified atom stereocenters. The molecule has 0 aliphatic heterocycles. The fourth-order valence-corrected chi connectivity index (χ4v) is 3.05. The molecule has 26 heavy (non-hydrogen) atoms. The molecule has 0 aromatic carbocycles. The van der Waals surface area contributed by atoms with Gasteiger partial charge in [0.1, 0.15) is 0 Å². The Morgan fingerprint density at radius 2 is 1.42 bits per heavy atom. The number of nitrogens with one attached hydrogen (secondary N) is 2. The van der Waals surface area contributed by atoms with Crippen molar-refractivity contribution in [1.82, 2.24) is 10.9 Å². The van der Waals surface area contributed by atoms with E-state index in [4.69, 9.17) is 14.7 Å². The molecule has 0 rings (SSSR count).